The molecule has 0 aromatic heterocycles. The third kappa shape index (κ3) is 7.32. The largest absolute Gasteiger partial charge is 0.464 e. The molecule has 4 aliphatic rings. The normalized spacial score (nSPS) is 27.7. The van der Waals surface area contributed by atoms with Gasteiger partial charge in [0, 0.05) is 38.3 Å². The number of halogens is 2. The number of carbonyl (C=O) groups excluding carboxylic acids is 5. The third-order valence-corrected chi connectivity index (χ3v) is 11.0. The summed E-state index contributed by atoms with van der Waals surface area (Å²) in [5.41, 5.74) is -0.324. The highest BCUT2D eigenvalue weighted by Gasteiger charge is 2.74. The van der Waals surface area contributed by atoms with Gasteiger partial charge in [0.1, 0.15) is 17.0 Å². The number of rotatable bonds is 12. The van der Waals surface area contributed by atoms with Gasteiger partial charge in [-0.2, -0.15) is 0 Å². The van der Waals surface area contributed by atoms with Crippen LogP contribution in [0.2, 0.25) is 0 Å². The molecule has 4 rings (SSSR count). The van der Waals surface area contributed by atoms with Gasteiger partial charge in [0.05, 0.1) is 12.1 Å². The molecule has 3 saturated carbocycles. The van der Waals surface area contributed by atoms with Crippen molar-refractivity contribution in [2.24, 2.45) is 29.1 Å². The number of likely N-dealkylation sites (tertiary alicyclic amines) is 1. The van der Waals surface area contributed by atoms with Gasteiger partial charge in [-0.05, 0) is 36.5 Å². The van der Waals surface area contributed by atoms with Crippen LogP contribution >= 0.6 is 23.2 Å². The van der Waals surface area contributed by atoms with Gasteiger partial charge in [-0.15, -0.1) is 23.2 Å². The SMILES string of the molecule is CC(=O)OCC(N[C@H](C(=O)N1C[C@H]2[C@@H]([C@H]1C(=O)NC(CC1CCC1)C(=O)C(C)=O)C2(Cl)Cl)C1CCCCC1)C(C)(C)C. The summed E-state index contributed by atoms with van der Waals surface area (Å²) in [6.07, 6.45) is 8.27. The van der Waals surface area contributed by atoms with Crippen LogP contribution in [0.3, 0.4) is 0 Å². The van der Waals surface area contributed by atoms with Crippen LogP contribution in [0.5, 0.6) is 0 Å². The topological polar surface area (TPSA) is 122 Å². The minimum absolute atomic E-state index is 0.0523. The number of esters is 1. The van der Waals surface area contributed by atoms with Crippen LogP contribution < -0.4 is 10.6 Å². The quantitative estimate of drug-likeness (QED) is 0.191. The van der Waals surface area contributed by atoms with E-state index < -0.39 is 45.9 Å². The minimum Gasteiger partial charge on any atom is -0.464 e. The lowest BCUT2D eigenvalue weighted by Gasteiger charge is -2.41. The summed E-state index contributed by atoms with van der Waals surface area (Å²) >= 11 is 13.2. The second kappa shape index (κ2) is 13.1. The van der Waals surface area contributed by atoms with Crippen molar-refractivity contribution in [1.29, 1.82) is 0 Å². The lowest BCUT2D eigenvalue weighted by Crippen LogP contribution is -2.61. The van der Waals surface area contributed by atoms with Gasteiger partial charge >= 0.3 is 5.97 Å². The molecule has 9 nitrogen and oxygen atoms in total. The van der Waals surface area contributed by atoms with E-state index in [2.05, 4.69) is 10.6 Å². The van der Waals surface area contributed by atoms with E-state index in [1.165, 1.54) is 13.8 Å². The second-order valence-corrected chi connectivity index (χ2v) is 15.5. The van der Waals surface area contributed by atoms with Crippen molar-refractivity contribution < 1.29 is 28.7 Å². The Morgan fingerprint density at radius 2 is 1.62 bits per heavy atom. The smallest absolute Gasteiger partial charge is 0.302 e. The van der Waals surface area contributed by atoms with E-state index in [-0.39, 0.29) is 54.2 Å². The molecule has 4 fully saturated rings. The van der Waals surface area contributed by atoms with Gasteiger partial charge in [0.2, 0.25) is 17.6 Å². The summed E-state index contributed by atoms with van der Waals surface area (Å²) in [4.78, 5) is 66.4. The summed E-state index contributed by atoms with van der Waals surface area (Å²) in [6, 6.07) is -2.78. The van der Waals surface area contributed by atoms with Crippen molar-refractivity contribution >= 4 is 52.6 Å². The summed E-state index contributed by atoms with van der Waals surface area (Å²) < 4.78 is 4.25. The number of nitrogens with one attached hydrogen (secondary N) is 2. The van der Waals surface area contributed by atoms with Crippen molar-refractivity contribution in [3.05, 3.63) is 0 Å². The highest BCUT2D eigenvalue weighted by Crippen LogP contribution is 2.65. The van der Waals surface area contributed by atoms with Crippen molar-refractivity contribution in [2.75, 3.05) is 13.2 Å². The molecular formula is C31H47Cl2N3O6. The van der Waals surface area contributed by atoms with Crippen LogP contribution in [0.1, 0.15) is 92.4 Å². The van der Waals surface area contributed by atoms with Crippen molar-refractivity contribution in [1.82, 2.24) is 15.5 Å². The number of hydrogen-bond donors (Lipinski definition) is 2. The zero-order valence-electron chi connectivity index (χ0n) is 25.5. The number of amides is 2. The number of hydrogen-bond acceptors (Lipinski definition) is 7. The Bertz CT molecular complexity index is 1070. The number of ether oxygens (including phenoxy) is 1. The molecule has 2 amide bonds. The first kappa shape index (κ1) is 33.2. The van der Waals surface area contributed by atoms with Gasteiger partial charge in [-0.3, -0.25) is 29.3 Å². The monoisotopic (exact) mass is 627 g/mol. The highest BCUT2D eigenvalue weighted by atomic mass is 35.5. The van der Waals surface area contributed by atoms with Crippen LogP contribution in [0, 0.1) is 29.1 Å². The standard InChI is InChI=1S/C31H47Cl2N3O6/c1-17(37)27(39)22(14-19-10-9-11-19)34-28(40)26-24-21(31(24,32)33)15-36(26)29(41)25(20-12-7-6-8-13-20)35-23(30(3,4)5)16-42-18(2)38/h19-26,35H,6-16H2,1-5H3,(H,34,40)/t21-,22?,23?,24-,25-,26-/m0/s1. The van der Waals surface area contributed by atoms with Gasteiger partial charge in [0.15, 0.2) is 5.78 Å². The molecule has 0 aromatic rings. The molecule has 236 valence electrons. The summed E-state index contributed by atoms with van der Waals surface area (Å²) in [5, 5.41) is 6.39. The van der Waals surface area contributed by atoms with Crippen LogP contribution in [0.15, 0.2) is 0 Å². The predicted molar refractivity (Wildman–Crippen MR) is 160 cm³/mol. The van der Waals surface area contributed by atoms with Crippen LogP contribution in [-0.2, 0) is 28.7 Å². The predicted octanol–water partition coefficient (Wildman–Crippen LogP) is 3.97. The first-order valence-corrected chi connectivity index (χ1v) is 16.3. The number of nitrogens with zero attached hydrogens (tertiary/aromatic N) is 1. The maximum absolute atomic E-state index is 14.5. The Labute approximate surface area is 259 Å². The lowest BCUT2D eigenvalue weighted by molar-refractivity contribution is -0.145. The first-order valence-electron chi connectivity index (χ1n) is 15.6. The van der Waals surface area contributed by atoms with Gasteiger partial charge in [0.25, 0.3) is 0 Å². The molecule has 11 heteroatoms. The molecule has 1 saturated heterocycles. The third-order valence-electron chi connectivity index (χ3n) is 9.92. The Morgan fingerprint density at radius 1 is 0.976 bits per heavy atom. The van der Waals surface area contributed by atoms with Crippen molar-refractivity contribution in [2.45, 2.75) is 121 Å². The zero-order chi connectivity index (χ0) is 31.0. The molecule has 1 aliphatic heterocycles. The van der Waals surface area contributed by atoms with Gasteiger partial charge in [-0.1, -0.05) is 59.3 Å². The molecule has 0 bridgehead atoms. The lowest BCUT2D eigenvalue weighted by atomic mass is 9.79. The number of alkyl halides is 2. The summed E-state index contributed by atoms with van der Waals surface area (Å²) in [5.74, 6) is -2.71. The van der Waals surface area contributed by atoms with E-state index in [1.54, 1.807) is 4.90 Å². The average molecular weight is 629 g/mol. The summed E-state index contributed by atoms with van der Waals surface area (Å²) in [6.45, 7) is 9.02. The average Bonchev–Trinajstić information content (AvgIpc) is 3.21. The number of piperidine rings is 1. The van der Waals surface area contributed by atoms with E-state index in [0.29, 0.717) is 6.42 Å². The van der Waals surface area contributed by atoms with Crippen LogP contribution in [0.4, 0.5) is 0 Å². The van der Waals surface area contributed by atoms with E-state index in [1.807, 2.05) is 20.8 Å². The maximum Gasteiger partial charge on any atom is 0.302 e. The van der Waals surface area contributed by atoms with E-state index in [0.717, 1.165) is 51.4 Å². The molecule has 2 unspecified atom stereocenters. The Balaban J connectivity index is 1.59. The Hall–Kier alpha value is -1.71. The Kier molecular flexibility index (Phi) is 10.4. The van der Waals surface area contributed by atoms with Crippen molar-refractivity contribution in [3.63, 3.8) is 0 Å². The van der Waals surface area contributed by atoms with Crippen LogP contribution in [0.25, 0.3) is 0 Å². The van der Waals surface area contributed by atoms with Crippen molar-refractivity contribution in [3.8, 4) is 0 Å². The number of Topliss-reactive ketones (excluding diaryl/α,β-unsaturated/α-hetero) is 2. The molecule has 0 radical (unpaired) electrons. The molecule has 42 heavy (non-hydrogen) atoms. The van der Waals surface area contributed by atoms with E-state index in [4.69, 9.17) is 27.9 Å². The molecule has 1 heterocycles. The molecular weight excluding hydrogens is 581 g/mol. The summed E-state index contributed by atoms with van der Waals surface area (Å²) in [7, 11) is 0. The second-order valence-electron chi connectivity index (χ2n) is 14.0. The maximum atomic E-state index is 14.5. The zero-order valence-corrected chi connectivity index (χ0v) is 27.1. The Morgan fingerprint density at radius 3 is 2.14 bits per heavy atom. The number of fused-ring (bicyclic) bond motifs is 1. The van der Waals surface area contributed by atoms with Crippen LogP contribution in [-0.4, -0.2) is 75.9 Å². The molecule has 0 spiro atoms. The minimum atomic E-state index is -1.14. The number of carbonyl (C=O) groups is 5. The van der Waals surface area contributed by atoms with E-state index in [9.17, 15) is 24.0 Å². The van der Waals surface area contributed by atoms with Gasteiger partial charge < -0.3 is 15.0 Å². The fourth-order valence-corrected chi connectivity index (χ4v) is 7.78. The van der Waals surface area contributed by atoms with Gasteiger partial charge in [-0.25, -0.2) is 0 Å². The molecule has 3 aliphatic carbocycles. The fraction of sp³-hybridized carbons (Fsp3) is 0.839. The molecule has 6 atom stereocenters. The number of ketones is 2. The van der Waals surface area contributed by atoms with E-state index >= 15 is 0 Å². The molecule has 2 N–H and O–H groups in total. The fourth-order valence-electron chi connectivity index (χ4n) is 6.95. The first-order chi connectivity index (χ1) is 19.6. The molecule has 0 aromatic carbocycles. The highest BCUT2D eigenvalue weighted by molar-refractivity contribution is 6.51.